The van der Waals surface area contributed by atoms with Gasteiger partial charge in [0.1, 0.15) is 0 Å². The first-order valence-corrected chi connectivity index (χ1v) is 6.84. The van der Waals surface area contributed by atoms with Crippen molar-refractivity contribution < 1.29 is 0 Å². The lowest BCUT2D eigenvalue weighted by Crippen LogP contribution is -2.07. The van der Waals surface area contributed by atoms with E-state index in [1.165, 1.54) is 27.3 Å². The fourth-order valence-corrected chi connectivity index (χ4v) is 2.97. The van der Waals surface area contributed by atoms with Crippen LogP contribution in [0, 0.1) is 20.8 Å². The van der Waals surface area contributed by atoms with E-state index in [0.29, 0.717) is 6.04 Å². The van der Waals surface area contributed by atoms with E-state index < -0.39 is 0 Å². The third-order valence-corrected chi connectivity index (χ3v) is 4.47. The quantitative estimate of drug-likeness (QED) is 0.815. The number of benzene rings is 1. The van der Waals surface area contributed by atoms with Crippen molar-refractivity contribution in [2.45, 2.75) is 33.7 Å². The Balaban J connectivity index is 2.22. The highest BCUT2D eigenvalue weighted by molar-refractivity contribution is 7.10. The molecule has 1 atom stereocenters. The molecule has 0 aliphatic rings. The monoisotopic (exact) mass is 245 g/mol. The summed E-state index contributed by atoms with van der Waals surface area (Å²) in [5, 5.41) is 5.76. The zero-order chi connectivity index (χ0) is 12.4. The van der Waals surface area contributed by atoms with E-state index in [1.54, 1.807) is 0 Å². The van der Waals surface area contributed by atoms with Gasteiger partial charge in [-0.2, -0.15) is 0 Å². The molecule has 0 radical (unpaired) electrons. The second-order valence-corrected chi connectivity index (χ2v) is 5.53. The van der Waals surface area contributed by atoms with Crippen molar-refractivity contribution >= 4 is 17.0 Å². The number of anilines is 1. The highest BCUT2D eigenvalue weighted by Gasteiger charge is 2.10. The molecular weight excluding hydrogens is 226 g/mol. The molecule has 2 rings (SSSR count). The average Bonchev–Trinajstić information content (AvgIpc) is 2.71. The Labute approximate surface area is 108 Å². The van der Waals surface area contributed by atoms with Gasteiger partial charge in [0.05, 0.1) is 6.04 Å². The standard InChI is InChI=1S/C15H19NS/c1-10-6-5-7-14(12(10)3)16-13(4)15-11(2)8-9-17-15/h5-9,13,16H,1-4H3. The maximum atomic E-state index is 3.60. The zero-order valence-electron chi connectivity index (χ0n) is 10.9. The fraction of sp³-hybridized carbons (Fsp3) is 0.333. The molecule has 0 fully saturated rings. The van der Waals surface area contributed by atoms with Crippen molar-refractivity contribution in [3.05, 3.63) is 51.2 Å². The number of thiophene rings is 1. The number of rotatable bonds is 3. The number of aryl methyl sites for hydroxylation is 2. The van der Waals surface area contributed by atoms with Crippen LogP contribution in [0.2, 0.25) is 0 Å². The van der Waals surface area contributed by atoms with E-state index in [2.05, 4.69) is 62.7 Å². The maximum Gasteiger partial charge on any atom is 0.0581 e. The van der Waals surface area contributed by atoms with E-state index in [-0.39, 0.29) is 0 Å². The molecule has 1 aromatic heterocycles. The van der Waals surface area contributed by atoms with Crippen LogP contribution < -0.4 is 5.32 Å². The minimum Gasteiger partial charge on any atom is -0.377 e. The molecule has 2 aromatic rings. The van der Waals surface area contributed by atoms with Crippen LogP contribution in [0.5, 0.6) is 0 Å². The Morgan fingerprint density at radius 3 is 2.47 bits per heavy atom. The van der Waals surface area contributed by atoms with E-state index in [4.69, 9.17) is 0 Å². The predicted octanol–water partition coefficient (Wildman–Crippen LogP) is 4.85. The summed E-state index contributed by atoms with van der Waals surface area (Å²) in [5.74, 6) is 0. The second kappa shape index (κ2) is 4.92. The van der Waals surface area contributed by atoms with E-state index in [0.717, 1.165) is 0 Å². The van der Waals surface area contributed by atoms with Gasteiger partial charge in [-0.25, -0.2) is 0 Å². The molecule has 90 valence electrons. The third kappa shape index (κ3) is 2.52. The Morgan fingerprint density at radius 2 is 1.82 bits per heavy atom. The first-order chi connectivity index (χ1) is 8.09. The molecule has 0 saturated heterocycles. The smallest absolute Gasteiger partial charge is 0.0581 e. The molecular formula is C15H19NS. The Bertz CT molecular complexity index is 513. The van der Waals surface area contributed by atoms with Gasteiger partial charge in [-0.15, -0.1) is 11.3 Å². The lowest BCUT2D eigenvalue weighted by Gasteiger charge is -2.17. The van der Waals surface area contributed by atoms with Crippen molar-refractivity contribution in [3.8, 4) is 0 Å². The van der Waals surface area contributed by atoms with Gasteiger partial charge < -0.3 is 5.32 Å². The van der Waals surface area contributed by atoms with Crippen LogP contribution in [0.3, 0.4) is 0 Å². The lowest BCUT2D eigenvalue weighted by atomic mass is 10.1. The molecule has 2 heteroatoms. The number of hydrogen-bond donors (Lipinski definition) is 1. The molecule has 0 aliphatic carbocycles. The third-order valence-electron chi connectivity index (χ3n) is 3.27. The van der Waals surface area contributed by atoms with E-state index in [9.17, 15) is 0 Å². The largest absolute Gasteiger partial charge is 0.377 e. The Kier molecular flexibility index (Phi) is 3.53. The van der Waals surface area contributed by atoms with Crippen molar-refractivity contribution in [1.82, 2.24) is 0 Å². The van der Waals surface area contributed by atoms with Gasteiger partial charge in [-0.3, -0.25) is 0 Å². The number of nitrogens with one attached hydrogen (secondary N) is 1. The van der Waals surface area contributed by atoms with Crippen LogP contribution in [0.15, 0.2) is 29.6 Å². The van der Waals surface area contributed by atoms with E-state index in [1.807, 2.05) is 11.3 Å². The molecule has 1 nitrogen and oxygen atoms in total. The summed E-state index contributed by atoms with van der Waals surface area (Å²) in [7, 11) is 0. The predicted molar refractivity (Wildman–Crippen MR) is 77.0 cm³/mol. The van der Waals surface area contributed by atoms with Gasteiger partial charge >= 0.3 is 0 Å². The van der Waals surface area contributed by atoms with Crippen LogP contribution >= 0.6 is 11.3 Å². The van der Waals surface area contributed by atoms with Gasteiger partial charge in [0, 0.05) is 10.6 Å². The van der Waals surface area contributed by atoms with Gasteiger partial charge in [0.2, 0.25) is 0 Å². The van der Waals surface area contributed by atoms with Gasteiger partial charge in [0.25, 0.3) is 0 Å². The summed E-state index contributed by atoms with van der Waals surface area (Å²) >= 11 is 1.82. The summed E-state index contributed by atoms with van der Waals surface area (Å²) in [6, 6.07) is 8.97. The zero-order valence-corrected chi connectivity index (χ0v) is 11.7. The number of hydrogen-bond acceptors (Lipinski definition) is 2. The molecule has 1 unspecified atom stereocenters. The first kappa shape index (κ1) is 12.2. The highest BCUT2D eigenvalue weighted by atomic mass is 32.1. The van der Waals surface area contributed by atoms with Crippen LogP contribution in [0.4, 0.5) is 5.69 Å². The summed E-state index contributed by atoms with van der Waals surface area (Å²) in [6.45, 7) is 8.72. The van der Waals surface area contributed by atoms with Crippen LogP contribution in [-0.2, 0) is 0 Å². The molecule has 1 N–H and O–H groups in total. The van der Waals surface area contributed by atoms with Crippen molar-refractivity contribution in [2.75, 3.05) is 5.32 Å². The summed E-state index contributed by atoms with van der Waals surface area (Å²) in [6.07, 6.45) is 0. The van der Waals surface area contributed by atoms with Gasteiger partial charge in [-0.05, 0) is 61.9 Å². The topological polar surface area (TPSA) is 12.0 Å². The molecule has 1 aromatic carbocycles. The lowest BCUT2D eigenvalue weighted by molar-refractivity contribution is 0.896. The first-order valence-electron chi connectivity index (χ1n) is 5.96. The molecule has 0 spiro atoms. The van der Waals surface area contributed by atoms with Crippen molar-refractivity contribution in [2.24, 2.45) is 0 Å². The molecule has 1 heterocycles. The second-order valence-electron chi connectivity index (χ2n) is 4.58. The molecule has 0 bridgehead atoms. The highest BCUT2D eigenvalue weighted by Crippen LogP contribution is 2.28. The van der Waals surface area contributed by atoms with Crippen molar-refractivity contribution in [3.63, 3.8) is 0 Å². The van der Waals surface area contributed by atoms with E-state index >= 15 is 0 Å². The minimum absolute atomic E-state index is 0.371. The summed E-state index contributed by atoms with van der Waals surface area (Å²) in [4.78, 5) is 1.42. The average molecular weight is 245 g/mol. The molecule has 0 aliphatic heterocycles. The SMILES string of the molecule is Cc1ccsc1C(C)Nc1cccc(C)c1C. The normalized spacial score (nSPS) is 12.5. The Hall–Kier alpha value is -1.28. The summed E-state index contributed by atoms with van der Waals surface area (Å²) < 4.78 is 0. The van der Waals surface area contributed by atoms with Crippen molar-refractivity contribution in [1.29, 1.82) is 0 Å². The minimum atomic E-state index is 0.371. The van der Waals surface area contributed by atoms with Crippen LogP contribution in [0.25, 0.3) is 0 Å². The summed E-state index contributed by atoms with van der Waals surface area (Å²) in [5.41, 5.74) is 5.30. The van der Waals surface area contributed by atoms with Gasteiger partial charge in [0.15, 0.2) is 0 Å². The fourth-order valence-electron chi connectivity index (χ4n) is 2.03. The van der Waals surface area contributed by atoms with Crippen LogP contribution in [-0.4, -0.2) is 0 Å². The maximum absolute atomic E-state index is 3.60. The molecule has 0 saturated carbocycles. The molecule has 17 heavy (non-hydrogen) atoms. The van der Waals surface area contributed by atoms with Crippen LogP contribution in [0.1, 0.15) is 34.5 Å². The van der Waals surface area contributed by atoms with Gasteiger partial charge in [-0.1, -0.05) is 12.1 Å². The molecule has 0 amide bonds. The Morgan fingerprint density at radius 1 is 1.06 bits per heavy atom.